The van der Waals surface area contributed by atoms with Crippen LogP contribution >= 0.6 is 24.0 Å². The Kier molecular flexibility index (Phi) is 11.9. The number of halogens is 1. The quantitative estimate of drug-likeness (QED) is 0.375. The maximum absolute atomic E-state index is 5.36. The van der Waals surface area contributed by atoms with Crippen molar-refractivity contribution in [1.82, 2.24) is 15.5 Å². The molecule has 0 saturated heterocycles. The van der Waals surface area contributed by atoms with Crippen LogP contribution in [0.4, 0.5) is 0 Å². The van der Waals surface area contributed by atoms with Gasteiger partial charge >= 0.3 is 0 Å². The Balaban J connectivity index is 0.00000484. The molecule has 0 aliphatic rings. The molecule has 132 valence electrons. The molecule has 0 aliphatic heterocycles. The predicted octanol–water partition coefficient (Wildman–Crippen LogP) is 2.71. The van der Waals surface area contributed by atoms with E-state index in [-0.39, 0.29) is 24.0 Å². The minimum Gasteiger partial charge on any atom is -0.496 e. The topological polar surface area (TPSA) is 48.9 Å². The molecule has 0 amide bonds. The number of guanidine groups is 1. The zero-order chi connectivity index (χ0) is 16.4. The highest BCUT2D eigenvalue weighted by molar-refractivity contribution is 14.0. The van der Waals surface area contributed by atoms with E-state index in [0.29, 0.717) is 12.6 Å². The first-order valence-corrected chi connectivity index (χ1v) is 7.96. The second-order valence-corrected chi connectivity index (χ2v) is 5.19. The molecule has 23 heavy (non-hydrogen) atoms. The van der Waals surface area contributed by atoms with Crippen molar-refractivity contribution in [1.29, 1.82) is 0 Å². The van der Waals surface area contributed by atoms with E-state index >= 15 is 0 Å². The Morgan fingerprint density at radius 1 is 1.22 bits per heavy atom. The van der Waals surface area contributed by atoms with Crippen molar-refractivity contribution in [3.63, 3.8) is 0 Å². The van der Waals surface area contributed by atoms with Crippen LogP contribution in [-0.4, -0.2) is 50.7 Å². The molecule has 0 aliphatic carbocycles. The monoisotopic (exact) mass is 434 g/mol. The number of aliphatic imine (C=N–C) groups is 1. The van der Waals surface area contributed by atoms with Gasteiger partial charge in [0.15, 0.2) is 5.96 Å². The predicted molar refractivity (Wildman–Crippen MR) is 109 cm³/mol. The highest BCUT2D eigenvalue weighted by Crippen LogP contribution is 2.16. The highest BCUT2D eigenvalue weighted by atomic mass is 127. The number of nitrogens with zero attached hydrogens (tertiary/aromatic N) is 2. The van der Waals surface area contributed by atoms with Gasteiger partial charge in [0.1, 0.15) is 5.75 Å². The van der Waals surface area contributed by atoms with Crippen LogP contribution in [0.3, 0.4) is 0 Å². The fourth-order valence-corrected chi connectivity index (χ4v) is 2.47. The van der Waals surface area contributed by atoms with Crippen molar-refractivity contribution in [3.8, 4) is 5.75 Å². The number of ether oxygens (including phenoxy) is 1. The lowest BCUT2D eigenvalue weighted by atomic mass is 10.2. The number of rotatable bonds is 8. The summed E-state index contributed by atoms with van der Waals surface area (Å²) in [5, 5.41) is 6.71. The number of benzene rings is 1. The minimum absolute atomic E-state index is 0. The van der Waals surface area contributed by atoms with Gasteiger partial charge < -0.3 is 15.4 Å². The van der Waals surface area contributed by atoms with Gasteiger partial charge in [-0.15, -0.1) is 24.0 Å². The number of methoxy groups -OCH3 is 1. The van der Waals surface area contributed by atoms with E-state index in [0.717, 1.165) is 36.9 Å². The summed E-state index contributed by atoms with van der Waals surface area (Å²) in [6.07, 6.45) is 0. The largest absolute Gasteiger partial charge is 0.496 e. The van der Waals surface area contributed by atoms with Gasteiger partial charge in [-0.05, 0) is 26.1 Å². The molecule has 0 aromatic heterocycles. The van der Waals surface area contributed by atoms with Crippen LogP contribution in [0, 0.1) is 0 Å². The van der Waals surface area contributed by atoms with Gasteiger partial charge in [-0.1, -0.05) is 32.0 Å². The summed E-state index contributed by atoms with van der Waals surface area (Å²) in [7, 11) is 3.48. The molecule has 1 atom stereocenters. The standard InChI is InChI=1S/C17H30N4O.HI/c1-6-21(7-2)14(3)12-19-17(18-4)20-13-15-10-8-9-11-16(15)22-5;/h8-11,14H,6-7,12-13H2,1-5H3,(H2,18,19,20);1H. The van der Waals surface area contributed by atoms with Gasteiger partial charge in [0.25, 0.3) is 0 Å². The van der Waals surface area contributed by atoms with Crippen LogP contribution in [0.25, 0.3) is 0 Å². The van der Waals surface area contributed by atoms with E-state index in [1.54, 1.807) is 14.2 Å². The van der Waals surface area contributed by atoms with E-state index in [1.807, 2.05) is 18.2 Å². The zero-order valence-corrected chi connectivity index (χ0v) is 17.3. The third-order valence-corrected chi connectivity index (χ3v) is 3.86. The normalized spacial score (nSPS) is 12.5. The Labute approximate surface area is 157 Å². The van der Waals surface area contributed by atoms with E-state index in [2.05, 4.69) is 47.4 Å². The van der Waals surface area contributed by atoms with Crippen molar-refractivity contribution < 1.29 is 4.74 Å². The van der Waals surface area contributed by atoms with Gasteiger partial charge in [0.05, 0.1) is 7.11 Å². The first kappa shape index (κ1) is 22.0. The van der Waals surface area contributed by atoms with Crippen LogP contribution in [0.2, 0.25) is 0 Å². The smallest absolute Gasteiger partial charge is 0.191 e. The van der Waals surface area contributed by atoms with Gasteiger partial charge in [-0.25, -0.2) is 0 Å². The highest BCUT2D eigenvalue weighted by Gasteiger charge is 2.10. The van der Waals surface area contributed by atoms with Crippen molar-refractivity contribution in [2.75, 3.05) is 33.8 Å². The van der Waals surface area contributed by atoms with Gasteiger partial charge in [0, 0.05) is 31.7 Å². The first-order valence-electron chi connectivity index (χ1n) is 7.96. The van der Waals surface area contributed by atoms with Gasteiger partial charge in [-0.2, -0.15) is 0 Å². The summed E-state index contributed by atoms with van der Waals surface area (Å²) < 4.78 is 5.36. The molecule has 0 radical (unpaired) electrons. The second kappa shape index (κ2) is 12.4. The third-order valence-electron chi connectivity index (χ3n) is 3.86. The molecule has 1 aromatic carbocycles. The molecule has 1 rings (SSSR count). The molecule has 0 bridgehead atoms. The van der Waals surface area contributed by atoms with E-state index in [9.17, 15) is 0 Å². The zero-order valence-electron chi connectivity index (χ0n) is 14.9. The minimum atomic E-state index is 0. The summed E-state index contributed by atoms with van der Waals surface area (Å²) in [5.74, 6) is 1.70. The molecule has 0 spiro atoms. The molecule has 6 heteroatoms. The summed E-state index contributed by atoms with van der Waals surface area (Å²) in [6.45, 7) is 10.3. The Morgan fingerprint density at radius 2 is 1.87 bits per heavy atom. The fraction of sp³-hybridized carbons (Fsp3) is 0.588. The lowest BCUT2D eigenvalue weighted by Crippen LogP contribution is -2.45. The average molecular weight is 434 g/mol. The maximum atomic E-state index is 5.36. The number of para-hydroxylation sites is 1. The van der Waals surface area contributed by atoms with Gasteiger partial charge in [-0.3, -0.25) is 9.89 Å². The SMILES string of the molecule is CCN(CC)C(C)CNC(=NC)NCc1ccccc1OC.I. The average Bonchev–Trinajstić information content (AvgIpc) is 2.56. The summed E-state index contributed by atoms with van der Waals surface area (Å²) in [4.78, 5) is 6.69. The Morgan fingerprint density at radius 3 is 2.43 bits per heavy atom. The lowest BCUT2D eigenvalue weighted by molar-refractivity contribution is 0.231. The molecule has 5 nitrogen and oxygen atoms in total. The van der Waals surface area contributed by atoms with Crippen LogP contribution in [0.5, 0.6) is 5.75 Å². The lowest BCUT2D eigenvalue weighted by Gasteiger charge is -2.27. The molecule has 0 fully saturated rings. The molecular formula is C17H31IN4O. The van der Waals surface area contributed by atoms with E-state index in [4.69, 9.17) is 4.74 Å². The van der Waals surface area contributed by atoms with Crippen LogP contribution in [0.15, 0.2) is 29.3 Å². The second-order valence-electron chi connectivity index (χ2n) is 5.19. The number of hydrogen-bond donors (Lipinski definition) is 2. The van der Waals surface area contributed by atoms with E-state index in [1.165, 1.54) is 0 Å². The molecular weight excluding hydrogens is 403 g/mol. The van der Waals surface area contributed by atoms with Crippen LogP contribution in [0.1, 0.15) is 26.3 Å². The molecule has 0 saturated carbocycles. The summed E-state index contributed by atoms with van der Waals surface area (Å²) in [5.41, 5.74) is 1.12. The van der Waals surface area contributed by atoms with Crippen molar-refractivity contribution in [3.05, 3.63) is 29.8 Å². The number of nitrogens with one attached hydrogen (secondary N) is 2. The molecule has 2 N–H and O–H groups in total. The number of hydrogen-bond acceptors (Lipinski definition) is 3. The maximum Gasteiger partial charge on any atom is 0.191 e. The third kappa shape index (κ3) is 7.39. The number of likely N-dealkylation sites (N-methyl/N-ethyl adjacent to an activating group) is 1. The van der Waals surface area contributed by atoms with Crippen molar-refractivity contribution in [2.24, 2.45) is 4.99 Å². The first-order chi connectivity index (χ1) is 10.7. The summed E-state index contributed by atoms with van der Waals surface area (Å²) >= 11 is 0. The molecule has 1 aromatic rings. The molecule has 1 unspecified atom stereocenters. The molecule has 0 heterocycles. The Hall–Kier alpha value is -1.02. The fourth-order valence-electron chi connectivity index (χ4n) is 2.47. The summed E-state index contributed by atoms with van der Waals surface area (Å²) in [6, 6.07) is 8.48. The van der Waals surface area contributed by atoms with E-state index < -0.39 is 0 Å². The Bertz CT molecular complexity index is 464. The van der Waals surface area contributed by atoms with Crippen LogP contribution in [-0.2, 0) is 6.54 Å². The van der Waals surface area contributed by atoms with Gasteiger partial charge in [0.2, 0.25) is 0 Å². The van der Waals surface area contributed by atoms with Crippen molar-refractivity contribution in [2.45, 2.75) is 33.4 Å². The van der Waals surface area contributed by atoms with Crippen molar-refractivity contribution >= 4 is 29.9 Å². The van der Waals surface area contributed by atoms with Crippen LogP contribution < -0.4 is 15.4 Å².